The van der Waals surface area contributed by atoms with Crippen LogP contribution in [0.5, 0.6) is 0 Å². The van der Waals surface area contributed by atoms with E-state index in [1.54, 1.807) is 0 Å². The first kappa shape index (κ1) is 12.8. The summed E-state index contributed by atoms with van der Waals surface area (Å²) < 4.78 is 5.50. The molecule has 2 rings (SSSR count). The number of piperidine rings is 1. The van der Waals surface area contributed by atoms with Crippen molar-refractivity contribution in [1.29, 1.82) is 0 Å². The number of nitrogens with one attached hydrogen (secondary N) is 1. The van der Waals surface area contributed by atoms with E-state index in [9.17, 15) is 4.79 Å². The zero-order valence-corrected chi connectivity index (χ0v) is 11.0. The molecule has 2 aliphatic heterocycles. The van der Waals surface area contributed by atoms with E-state index in [4.69, 9.17) is 4.74 Å². The molecule has 17 heavy (non-hydrogen) atoms. The van der Waals surface area contributed by atoms with Crippen molar-refractivity contribution >= 4 is 5.91 Å². The maximum Gasteiger partial charge on any atom is 0.230 e. The lowest BCUT2D eigenvalue weighted by molar-refractivity contribution is -0.150. The van der Waals surface area contributed by atoms with Crippen molar-refractivity contribution in [1.82, 2.24) is 10.2 Å². The van der Waals surface area contributed by atoms with Crippen molar-refractivity contribution in [3.05, 3.63) is 0 Å². The minimum atomic E-state index is -0.157. The largest absolute Gasteiger partial charge is 0.375 e. The molecule has 2 aliphatic rings. The van der Waals surface area contributed by atoms with Gasteiger partial charge in [0.1, 0.15) is 0 Å². The van der Waals surface area contributed by atoms with Gasteiger partial charge in [0.15, 0.2) is 0 Å². The van der Waals surface area contributed by atoms with Crippen LogP contribution in [0.25, 0.3) is 0 Å². The van der Waals surface area contributed by atoms with E-state index in [0.717, 1.165) is 45.4 Å². The Kier molecular flexibility index (Phi) is 4.05. The smallest absolute Gasteiger partial charge is 0.230 e. The summed E-state index contributed by atoms with van der Waals surface area (Å²) >= 11 is 0. The minimum Gasteiger partial charge on any atom is -0.375 e. The van der Waals surface area contributed by atoms with E-state index in [1.807, 2.05) is 11.8 Å². The SMILES string of the molecule is CCC1(C(=O)N2CCOC(C)C2)CCCNC1. The monoisotopic (exact) mass is 240 g/mol. The molecule has 1 N–H and O–H groups in total. The lowest BCUT2D eigenvalue weighted by atomic mass is 9.77. The molecule has 98 valence electrons. The summed E-state index contributed by atoms with van der Waals surface area (Å²) in [6, 6.07) is 0. The van der Waals surface area contributed by atoms with Gasteiger partial charge in [0.25, 0.3) is 0 Å². The van der Waals surface area contributed by atoms with Crippen molar-refractivity contribution in [2.24, 2.45) is 5.41 Å². The van der Waals surface area contributed by atoms with Crippen molar-refractivity contribution in [3.63, 3.8) is 0 Å². The van der Waals surface area contributed by atoms with Crippen LogP contribution in [0.15, 0.2) is 0 Å². The number of hydrogen-bond acceptors (Lipinski definition) is 3. The van der Waals surface area contributed by atoms with Crippen LogP contribution in [0, 0.1) is 5.41 Å². The molecule has 0 aliphatic carbocycles. The van der Waals surface area contributed by atoms with Crippen molar-refractivity contribution in [2.75, 3.05) is 32.8 Å². The van der Waals surface area contributed by atoms with Gasteiger partial charge < -0.3 is 15.0 Å². The summed E-state index contributed by atoms with van der Waals surface area (Å²) in [4.78, 5) is 14.7. The zero-order chi connectivity index (χ0) is 12.3. The van der Waals surface area contributed by atoms with Gasteiger partial charge in [-0.3, -0.25) is 4.79 Å². The van der Waals surface area contributed by atoms with E-state index >= 15 is 0 Å². The number of amides is 1. The third kappa shape index (κ3) is 2.63. The van der Waals surface area contributed by atoms with Crippen molar-refractivity contribution in [3.8, 4) is 0 Å². The Morgan fingerprint density at radius 1 is 1.59 bits per heavy atom. The first-order valence-corrected chi connectivity index (χ1v) is 6.80. The van der Waals surface area contributed by atoms with Crippen molar-refractivity contribution < 1.29 is 9.53 Å². The topological polar surface area (TPSA) is 41.6 Å². The summed E-state index contributed by atoms with van der Waals surface area (Å²) in [6.45, 7) is 8.25. The maximum atomic E-state index is 12.7. The Morgan fingerprint density at radius 2 is 2.41 bits per heavy atom. The van der Waals surface area contributed by atoms with E-state index in [2.05, 4.69) is 12.2 Å². The Morgan fingerprint density at radius 3 is 3.00 bits per heavy atom. The Bertz CT molecular complexity index is 275. The Hall–Kier alpha value is -0.610. The molecule has 0 saturated carbocycles. The molecule has 2 heterocycles. The van der Waals surface area contributed by atoms with Crippen LogP contribution in [0.2, 0.25) is 0 Å². The maximum absolute atomic E-state index is 12.7. The fourth-order valence-electron chi connectivity index (χ4n) is 2.94. The average molecular weight is 240 g/mol. The molecule has 4 heteroatoms. The molecule has 1 amide bonds. The second kappa shape index (κ2) is 5.36. The summed E-state index contributed by atoms with van der Waals surface area (Å²) in [6.07, 6.45) is 3.25. The van der Waals surface area contributed by atoms with E-state index in [0.29, 0.717) is 12.5 Å². The van der Waals surface area contributed by atoms with E-state index in [-0.39, 0.29) is 11.5 Å². The lowest BCUT2D eigenvalue weighted by Crippen LogP contribution is -2.55. The second-order valence-electron chi connectivity index (χ2n) is 5.35. The quantitative estimate of drug-likeness (QED) is 0.783. The van der Waals surface area contributed by atoms with Crippen LogP contribution < -0.4 is 5.32 Å². The molecule has 0 aromatic carbocycles. The van der Waals surface area contributed by atoms with E-state index in [1.165, 1.54) is 0 Å². The third-order valence-electron chi connectivity index (χ3n) is 4.13. The summed E-state index contributed by atoms with van der Waals surface area (Å²) in [5, 5.41) is 3.38. The number of morpholine rings is 1. The van der Waals surface area contributed by atoms with Gasteiger partial charge in [-0.1, -0.05) is 6.92 Å². The molecule has 0 radical (unpaired) electrons. The third-order valence-corrected chi connectivity index (χ3v) is 4.13. The molecule has 0 aromatic rings. The van der Waals surface area contributed by atoms with Gasteiger partial charge in [0.2, 0.25) is 5.91 Å². The van der Waals surface area contributed by atoms with Gasteiger partial charge in [0.05, 0.1) is 18.1 Å². The number of rotatable bonds is 2. The highest BCUT2D eigenvalue weighted by molar-refractivity contribution is 5.83. The number of carbonyl (C=O) groups is 1. The minimum absolute atomic E-state index is 0.157. The highest BCUT2D eigenvalue weighted by Gasteiger charge is 2.41. The molecule has 2 fully saturated rings. The highest BCUT2D eigenvalue weighted by atomic mass is 16.5. The zero-order valence-electron chi connectivity index (χ0n) is 11.0. The molecule has 0 bridgehead atoms. The van der Waals surface area contributed by atoms with Gasteiger partial charge in [0, 0.05) is 19.6 Å². The molecular formula is C13H24N2O2. The number of carbonyl (C=O) groups excluding carboxylic acids is 1. The van der Waals surface area contributed by atoms with Crippen LogP contribution in [-0.4, -0.2) is 49.7 Å². The summed E-state index contributed by atoms with van der Waals surface area (Å²) in [7, 11) is 0. The predicted octanol–water partition coefficient (Wildman–Crippen LogP) is 1.01. The number of hydrogen-bond donors (Lipinski definition) is 1. The van der Waals surface area contributed by atoms with Gasteiger partial charge >= 0.3 is 0 Å². The van der Waals surface area contributed by atoms with Crippen LogP contribution in [0.4, 0.5) is 0 Å². The number of nitrogens with zero attached hydrogens (tertiary/aromatic N) is 1. The Labute approximate surface area is 104 Å². The fraction of sp³-hybridized carbons (Fsp3) is 0.923. The van der Waals surface area contributed by atoms with Crippen LogP contribution in [-0.2, 0) is 9.53 Å². The standard InChI is InChI=1S/C13H24N2O2/c1-3-13(5-4-6-14-10-13)12(16)15-7-8-17-11(2)9-15/h11,14H,3-10H2,1-2H3. The van der Waals surface area contributed by atoms with Crippen LogP contribution in [0.3, 0.4) is 0 Å². The molecule has 2 unspecified atom stereocenters. The first-order chi connectivity index (χ1) is 8.18. The molecule has 4 nitrogen and oxygen atoms in total. The molecule has 2 saturated heterocycles. The van der Waals surface area contributed by atoms with Crippen LogP contribution >= 0.6 is 0 Å². The van der Waals surface area contributed by atoms with Crippen LogP contribution in [0.1, 0.15) is 33.1 Å². The normalized spacial score (nSPS) is 34.7. The van der Waals surface area contributed by atoms with Gasteiger partial charge in [-0.25, -0.2) is 0 Å². The lowest BCUT2D eigenvalue weighted by Gasteiger charge is -2.41. The van der Waals surface area contributed by atoms with E-state index < -0.39 is 0 Å². The molecule has 0 aromatic heterocycles. The van der Waals surface area contributed by atoms with Gasteiger partial charge in [-0.05, 0) is 32.7 Å². The summed E-state index contributed by atoms with van der Waals surface area (Å²) in [5.41, 5.74) is -0.157. The molecular weight excluding hydrogens is 216 g/mol. The molecule has 0 spiro atoms. The fourth-order valence-corrected chi connectivity index (χ4v) is 2.94. The van der Waals surface area contributed by atoms with Gasteiger partial charge in [-0.15, -0.1) is 0 Å². The molecule has 2 atom stereocenters. The predicted molar refractivity (Wildman–Crippen MR) is 66.8 cm³/mol. The second-order valence-corrected chi connectivity index (χ2v) is 5.35. The summed E-state index contributed by atoms with van der Waals surface area (Å²) in [5.74, 6) is 0.336. The number of ether oxygens (including phenoxy) is 1. The first-order valence-electron chi connectivity index (χ1n) is 6.80. The van der Waals surface area contributed by atoms with Gasteiger partial charge in [-0.2, -0.15) is 0 Å². The Balaban J connectivity index is 2.05. The van der Waals surface area contributed by atoms with Crippen molar-refractivity contribution in [2.45, 2.75) is 39.2 Å². The highest BCUT2D eigenvalue weighted by Crippen LogP contribution is 2.32. The average Bonchev–Trinajstić information content (AvgIpc) is 2.38.